The van der Waals surface area contributed by atoms with Gasteiger partial charge in [-0.25, -0.2) is 4.79 Å². The molecule has 1 saturated heterocycles. The standard InChI is InChI=1S/C32H40N2O3/c1-31(2)22-29(25-34(31)30(35)36)32(37,19-18-26-12-6-3-7-13-26)20-21-33(23-27-14-8-4-9-15-27)24-28-16-10-5-11-17-28/h3-17,29,37H,18-25H2,1-2H3,(H,35,36). The van der Waals surface area contributed by atoms with Gasteiger partial charge in [-0.3, -0.25) is 4.90 Å². The van der Waals surface area contributed by atoms with Gasteiger partial charge in [0.05, 0.1) is 5.60 Å². The van der Waals surface area contributed by atoms with Gasteiger partial charge in [0, 0.05) is 37.6 Å². The van der Waals surface area contributed by atoms with E-state index in [1.54, 1.807) is 0 Å². The highest BCUT2D eigenvalue weighted by Gasteiger charge is 2.49. The molecule has 37 heavy (non-hydrogen) atoms. The predicted octanol–water partition coefficient (Wildman–Crippen LogP) is 6.22. The third kappa shape index (κ3) is 7.21. The maximum absolute atomic E-state index is 12.2. The highest BCUT2D eigenvalue weighted by molar-refractivity contribution is 5.66. The lowest BCUT2D eigenvalue weighted by Crippen LogP contribution is -2.44. The molecule has 1 aliphatic rings. The molecule has 196 valence electrons. The van der Waals surface area contributed by atoms with Crippen LogP contribution in [0.3, 0.4) is 0 Å². The van der Waals surface area contributed by atoms with E-state index in [4.69, 9.17) is 0 Å². The Bertz CT molecular complexity index is 1080. The molecule has 0 aromatic heterocycles. The fourth-order valence-electron chi connectivity index (χ4n) is 5.73. The van der Waals surface area contributed by atoms with E-state index in [0.29, 0.717) is 25.8 Å². The van der Waals surface area contributed by atoms with Crippen LogP contribution in [0.2, 0.25) is 0 Å². The lowest BCUT2D eigenvalue weighted by Gasteiger charge is -2.36. The van der Waals surface area contributed by atoms with Crippen LogP contribution in [0, 0.1) is 5.92 Å². The van der Waals surface area contributed by atoms with E-state index >= 15 is 0 Å². The van der Waals surface area contributed by atoms with Crippen molar-refractivity contribution in [1.29, 1.82) is 0 Å². The summed E-state index contributed by atoms with van der Waals surface area (Å²) in [6, 6.07) is 31.1. The fraction of sp³-hybridized carbons (Fsp3) is 0.406. The van der Waals surface area contributed by atoms with Crippen molar-refractivity contribution in [3.63, 3.8) is 0 Å². The Morgan fingerprint density at radius 3 is 1.81 bits per heavy atom. The minimum atomic E-state index is -0.969. The van der Waals surface area contributed by atoms with Crippen LogP contribution in [-0.4, -0.2) is 50.3 Å². The van der Waals surface area contributed by atoms with Crippen LogP contribution in [0.25, 0.3) is 0 Å². The molecule has 3 aromatic carbocycles. The van der Waals surface area contributed by atoms with E-state index in [1.807, 2.05) is 44.2 Å². The van der Waals surface area contributed by atoms with Crippen LogP contribution in [0.5, 0.6) is 0 Å². The second kappa shape index (κ2) is 11.9. The van der Waals surface area contributed by atoms with Crippen LogP contribution in [0.15, 0.2) is 91.0 Å². The van der Waals surface area contributed by atoms with E-state index in [1.165, 1.54) is 21.6 Å². The first-order valence-corrected chi connectivity index (χ1v) is 13.3. The maximum Gasteiger partial charge on any atom is 0.407 e. The van der Waals surface area contributed by atoms with Gasteiger partial charge in [-0.15, -0.1) is 0 Å². The summed E-state index contributed by atoms with van der Waals surface area (Å²) >= 11 is 0. The van der Waals surface area contributed by atoms with E-state index in [-0.39, 0.29) is 5.92 Å². The molecule has 0 spiro atoms. The van der Waals surface area contributed by atoms with E-state index in [9.17, 15) is 15.0 Å². The van der Waals surface area contributed by atoms with Crippen LogP contribution < -0.4 is 0 Å². The summed E-state index contributed by atoms with van der Waals surface area (Å²) in [5, 5.41) is 22.1. The quantitative estimate of drug-likeness (QED) is 0.328. The lowest BCUT2D eigenvalue weighted by molar-refractivity contribution is -0.0375. The van der Waals surface area contributed by atoms with Crippen molar-refractivity contribution in [1.82, 2.24) is 9.80 Å². The SMILES string of the molecule is CC1(C)CC(C(O)(CCc2ccccc2)CCN(Cc2ccccc2)Cc2ccccc2)CN1C(=O)O. The zero-order chi connectivity index (χ0) is 26.3. The highest BCUT2D eigenvalue weighted by Crippen LogP contribution is 2.42. The van der Waals surface area contributed by atoms with Crippen molar-refractivity contribution in [3.05, 3.63) is 108 Å². The summed E-state index contributed by atoms with van der Waals surface area (Å²) in [6.45, 7) is 6.61. The van der Waals surface area contributed by atoms with Gasteiger partial charge in [0.25, 0.3) is 0 Å². The predicted molar refractivity (Wildman–Crippen MR) is 148 cm³/mol. The Kier molecular flexibility index (Phi) is 8.67. The fourth-order valence-corrected chi connectivity index (χ4v) is 5.73. The van der Waals surface area contributed by atoms with Gasteiger partial charge in [-0.2, -0.15) is 0 Å². The summed E-state index contributed by atoms with van der Waals surface area (Å²) in [4.78, 5) is 15.9. The highest BCUT2D eigenvalue weighted by atomic mass is 16.4. The molecule has 0 bridgehead atoms. The lowest BCUT2D eigenvalue weighted by atomic mass is 9.77. The Labute approximate surface area is 221 Å². The minimum Gasteiger partial charge on any atom is -0.465 e. The smallest absolute Gasteiger partial charge is 0.407 e. The van der Waals surface area contributed by atoms with Crippen molar-refractivity contribution < 1.29 is 15.0 Å². The first-order valence-electron chi connectivity index (χ1n) is 13.3. The third-order valence-corrected chi connectivity index (χ3v) is 7.92. The zero-order valence-corrected chi connectivity index (χ0v) is 22.1. The molecule has 0 saturated carbocycles. The summed E-state index contributed by atoms with van der Waals surface area (Å²) < 4.78 is 0. The van der Waals surface area contributed by atoms with Crippen LogP contribution in [0.4, 0.5) is 4.79 Å². The van der Waals surface area contributed by atoms with Gasteiger partial charge in [0.2, 0.25) is 0 Å². The normalized spacial score (nSPS) is 18.6. The first kappa shape index (κ1) is 26.9. The third-order valence-electron chi connectivity index (χ3n) is 7.92. The van der Waals surface area contributed by atoms with Crippen LogP contribution >= 0.6 is 0 Å². The van der Waals surface area contributed by atoms with Gasteiger partial charge in [0.1, 0.15) is 0 Å². The van der Waals surface area contributed by atoms with E-state index in [0.717, 1.165) is 26.1 Å². The first-order chi connectivity index (χ1) is 17.7. The molecule has 4 rings (SSSR count). The number of rotatable bonds is 11. The summed E-state index contributed by atoms with van der Waals surface area (Å²) in [6.07, 6.45) is 1.71. The van der Waals surface area contributed by atoms with Gasteiger partial charge in [-0.05, 0) is 56.2 Å². The topological polar surface area (TPSA) is 64.0 Å². The number of carboxylic acid groups (broad SMARTS) is 1. The van der Waals surface area contributed by atoms with Crippen molar-refractivity contribution in [2.45, 2.75) is 63.8 Å². The monoisotopic (exact) mass is 500 g/mol. The molecule has 0 radical (unpaired) electrons. The molecule has 0 aliphatic carbocycles. The van der Waals surface area contributed by atoms with Crippen LogP contribution in [-0.2, 0) is 19.5 Å². The molecule has 2 N–H and O–H groups in total. The molecular formula is C32H40N2O3. The molecular weight excluding hydrogens is 460 g/mol. The Hall–Kier alpha value is -3.15. The maximum atomic E-state index is 12.2. The summed E-state index contributed by atoms with van der Waals surface area (Å²) in [5.41, 5.74) is 2.21. The average Bonchev–Trinajstić information content (AvgIpc) is 3.24. The summed E-state index contributed by atoms with van der Waals surface area (Å²) in [7, 11) is 0. The number of carbonyl (C=O) groups is 1. The Balaban J connectivity index is 1.54. The second-order valence-corrected chi connectivity index (χ2v) is 11.1. The number of amides is 1. The number of hydrogen-bond acceptors (Lipinski definition) is 3. The second-order valence-electron chi connectivity index (χ2n) is 11.1. The number of nitrogens with zero attached hydrogens (tertiary/aromatic N) is 2. The molecule has 1 aliphatic heterocycles. The average molecular weight is 501 g/mol. The zero-order valence-electron chi connectivity index (χ0n) is 22.1. The number of aryl methyl sites for hydroxylation is 1. The number of aliphatic hydroxyl groups is 1. The Morgan fingerprint density at radius 2 is 1.35 bits per heavy atom. The molecule has 5 nitrogen and oxygen atoms in total. The van der Waals surface area contributed by atoms with E-state index < -0.39 is 17.2 Å². The van der Waals surface area contributed by atoms with Crippen LogP contribution in [0.1, 0.15) is 49.8 Å². The molecule has 5 heteroatoms. The van der Waals surface area contributed by atoms with Gasteiger partial charge in [-0.1, -0.05) is 91.0 Å². The molecule has 3 aromatic rings. The van der Waals surface area contributed by atoms with Crippen molar-refractivity contribution >= 4 is 6.09 Å². The van der Waals surface area contributed by atoms with Gasteiger partial charge in [0.15, 0.2) is 0 Å². The molecule has 2 atom stereocenters. The number of likely N-dealkylation sites (tertiary alicyclic amines) is 1. The number of benzene rings is 3. The molecule has 2 unspecified atom stereocenters. The number of hydrogen-bond donors (Lipinski definition) is 2. The van der Waals surface area contributed by atoms with Crippen molar-refractivity contribution in [2.75, 3.05) is 13.1 Å². The largest absolute Gasteiger partial charge is 0.465 e. The molecule has 1 heterocycles. The van der Waals surface area contributed by atoms with Gasteiger partial charge < -0.3 is 15.1 Å². The van der Waals surface area contributed by atoms with Crippen molar-refractivity contribution in [2.24, 2.45) is 5.92 Å². The molecule has 1 fully saturated rings. The summed E-state index contributed by atoms with van der Waals surface area (Å²) in [5.74, 6) is -0.113. The molecule has 1 amide bonds. The minimum absolute atomic E-state index is 0.113. The van der Waals surface area contributed by atoms with E-state index in [2.05, 4.69) is 65.6 Å². The van der Waals surface area contributed by atoms with Gasteiger partial charge >= 0.3 is 6.09 Å². The Morgan fingerprint density at radius 1 is 0.865 bits per heavy atom. The van der Waals surface area contributed by atoms with Crippen molar-refractivity contribution in [3.8, 4) is 0 Å².